The van der Waals surface area contributed by atoms with Crippen molar-refractivity contribution in [2.24, 2.45) is 5.73 Å². The lowest BCUT2D eigenvalue weighted by Crippen LogP contribution is -2.13. The summed E-state index contributed by atoms with van der Waals surface area (Å²) in [4.78, 5) is 22.5. The maximum atomic E-state index is 12.0. The van der Waals surface area contributed by atoms with E-state index in [9.17, 15) is 9.59 Å². The number of benzene rings is 2. The van der Waals surface area contributed by atoms with Gasteiger partial charge in [-0.1, -0.05) is 24.3 Å². The molecule has 2 aromatic rings. The number of amides is 1. The number of carboxylic acids is 1. The van der Waals surface area contributed by atoms with Crippen LogP contribution in [0.5, 0.6) is 0 Å². The average Bonchev–Trinajstić information content (AvgIpc) is 2.57. The van der Waals surface area contributed by atoms with Gasteiger partial charge >= 0.3 is 5.97 Å². The van der Waals surface area contributed by atoms with Crippen LogP contribution in [-0.2, 0) is 9.59 Å². The van der Waals surface area contributed by atoms with Crippen LogP contribution in [0.4, 0.5) is 5.69 Å². The molecule has 2 aromatic carbocycles. The van der Waals surface area contributed by atoms with Crippen LogP contribution >= 0.6 is 31.9 Å². The number of hydrogen-bond acceptors (Lipinski definition) is 3. The molecule has 0 aliphatic rings. The molecule has 0 saturated carbocycles. The molecule has 136 valence electrons. The van der Waals surface area contributed by atoms with Gasteiger partial charge in [0.25, 0.3) is 0 Å². The number of carbonyl (C=O) groups is 2. The fourth-order valence-corrected chi connectivity index (χ4v) is 3.69. The minimum atomic E-state index is -0.916. The Morgan fingerprint density at radius 1 is 1.04 bits per heavy atom. The zero-order valence-electron chi connectivity index (χ0n) is 13.7. The molecule has 0 aromatic heterocycles. The van der Waals surface area contributed by atoms with Gasteiger partial charge in [0.1, 0.15) is 5.84 Å². The number of nitrogens with two attached hydrogens (primary N) is 1. The number of nitrogen functional groups attached to an aromatic ring is 1. The highest BCUT2D eigenvalue weighted by Crippen LogP contribution is 2.36. The Morgan fingerprint density at radius 3 is 2.12 bits per heavy atom. The molecule has 26 heavy (non-hydrogen) atoms. The summed E-state index contributed by atoms with van der Waals surface area (Å²) in [6.45, 7) is 0. The van der Waals surface area contributed by atoms with Crippen molar-refractivity contribution in [1.82, 2.24) is 0 Å². The lowest BCUT2D eigenvalue weighted by atomic mass is 10.0. The van der Waals surface area contributed by atoms with Crippen molar-refractivity contribution >= 4 is 55.3 Å². The van der Waals surface area contributed by atoms with E-state index in [1.807, 2.05) is 24.3 Å². The number of nitrogens with one attached hydrogen (secondary N) is 2. The molecule has 6 nitrogen and oxygen atoms in total. The van der Waals surface area contributed by atoms with Crippen LogP contribution in [-0.4, -0.2) is 22.8 Å². The van der Waals surface area contributed by atoms with Gasteiger partial charge in [-0.25, -0.2) is 0 Å². The molecular weight excluding hydrogens is 466 g/mol. The van der Waals surface area contributed by atoms with Gasteiger partial charge in [-0.05, 0) is 61.5 Å². The predicted molar refractivity (Wildman–Crippen MR) is 108 cm³/mol. The van der Waals surface area contributed by atoms with Crippen LogP contribution in [0.15, 0.2) is 45.3 Å². The summed E-state index contributed by atoms with van der Waals surface area (Å²) in [5.74, 6) is -1.15. The SMILES string of the molecule is N=C(N)c1ccc(-c2cc(Br)c(NC(=O)CCCC(=O)O)c(Br)c2)cc1. The Kier molecular flexibility index (Phi) is 6.93. The number of carboxylic acid groups (broad SMARTS) is 1. The molecule has 0 atom stereocenters. The van der Waals surface area contributed by atoms with E-state index in [4.69, 9.17) is 16.2 Å². The van der Waals surface area contributed by atoms with Gasteiger partial charge in [-0.2, -0.15) is 0 Å². The van der Waals surface area contributed by atoms with E-state index in [0.29, 0.717) is 20.2 Å². The Morgan fingerprint density at radius 2 is 1.62 bits per heavy atom. The fourth-order valence-electron chi connectivity index (χ4n) is 2.30. The molecule has 0 unspecified atom stereocenters. The Balaban J connectivity index is 2.15. The highest BCUT2D eigenvalue weighted by Gasteiger charge is 2.12. The smallest absolute Gasteiger partial charge is 0.303 e. The number of carbonyl (C=O) groups excluding carboxylic acids is 1. The molecule has 0 radical (unpaired) electrons. The Labute approximate surface area is 167 Å². The van der Waals surface area contributed by atoms with Crippen LogP contribution in [0.2, 0.25) is 0 Å². The van der Waals surface area contributed by atoms with Crippen molar-refractivity contribution in [3.63, 3.8) is 0 Å². The Hall–Kier alpha value is -2.19. The first kappa shape index (κ1) is 20.1. The van der Waals surface area contributed by atoms with Crippen LogP contribution in [0.1, 0.15) is 24.8 Å². The van der Waals surface area contributed by atoms with E-state index in [1.54, 1.807) is 12.1 Å². The normalized spacial score (nSPS) is 10.4. The van der Waals surface area contributed by atoms with E-state index < -0.39 is 5.97 Å². The molecule has 5 N–H and O–H groups in total. The average molecular weight is 483 g/mol. The summed E-state index contributed by atoms with van der Waals surface area (Å²) in [6.07, 6.45) is 0.390. The number of rotatable bonds is 7. The standard InChI is InChI=1S/C18H17Br2N3O3/c19-13-8-12(10-4-6-11(7-5-10)18(21)22)9-14(20)17(13)23-15(24)2-1-3-16(25)26/h4-9H,1-3H2,(H3,21,22)(H,23,24)(H,25,26). The molecule has 8 heteroatoms. The summed E-state index contributed by atoms with van der Waals surface area (Å²) >= 11 is 6.92. The van der Waals surface area contributed by atoms with Crippen molar-refractivity contribution in [3.8, 4) is 11.1 Å². The largest absolute Gasteiger partial charge is 0.481 e. The number of hydrogen-bond donors (Lipinski definition) is 4. The molecule has 0 fully saturated rings. The molecule has 0 spiro atoms. The monoisotopic (exact) mass is 481 g/mol. The molecule has 0 heterocycles. The maximum absolute atomic E-state index is 12.0. The zero-order valence-corrected chi connectivity index (χ0v) is 16.9. The number of anilines is 1. The lowest BCUT2D eigenvalue weighted by molar-refractivity contribution is -0.137. The van der Waals surface area contributed by atoms with Crippen molar-refractivity contribution in [2.75, 3.05) is 5.32 Å². The summed E-state index contributed by atoms with van der Waals surface area (Å²) < 4.78 is 1.40. The summed E-state index contributed by atoms with van der Waals surface area (Å²) in [5, 5.41) is 18.8. The van der Waals surface area contributed by atoms with E-state index in [0.717, 1.165) is 11.1 Å². The highest BCUT2D eigenvalue weighted by molar-refractivity contribution is 9.11. The highest BCUT2D eigenvalue weighted by atomic mass is 79.9. The quantitative estimate of drug-likeness (QED) is 0.346. The van der Waals surface area contributed by atoms with Gasteiger partial charge in [0.2, 0.25) is 5.91 Å². The second kappa shape index (κ2) is 8.95. The van der Waals surface area contributed by atoms with Gasteiger partial charge in [0.15, 0.2) is 0 Å². The number of amidine groups is 1. The van der Waals surface area contributed by atoms with Gasteiger partial charge in [0, 0.05) is 27.4 Å². The molecule has 0 bridgehead atoms. The van der Waals surface area contributed by atoms with E-state index in [1.165, 1.54) is 0 Å². The molecule has 0 aliphatic heterocycles. The lowest BCUT2D eigenvalue weighted by Gasteiger charge is -2.12. The Bertz CT molecular complexity index is 828. The molecule has 0 aliphatic carbocycles. The van der Waals surface area contributed by atoms with Crippen molar-refractivity contribution in [3.05, 3.63) is 50.9 Å². The predicted octanol–water partition coefficient (Wildman–Crippen LogP) is 4.36. The molecule has 2 rings (SSSR count). The van der Waals surface area contributed by atoms with Gasteiger partial charge in [-0.15, -0.1) is 0 Å². The minimum Gasteiger partial charge on any atom is -0.481 e. The summed E-state index contributed by atoms with van der Waals surface area (Å²) in [7, 11) is 0. The number of halogens is 2. The summed E-state index contributed by atoms with van der Waals surface area (Å²) in [6, 6.07) is 11.0. The first-order chi connectivity index (χ1) is 12.3. The van der Waals surface area contributed by atoms with E-state index in [-0.39, 0.29) is 31.0 Å². The molecule has 1 amide bonds. The third-order valence-electron chi connectivity index (χ3n) is 3.63. The van der Waals surface area contributed by atoms with Crippen molar-refractivity contribution in [1.29, 1.82) is 5.41 Å². The van der Waals surface area contributed by atoms with Gasteiger partial charge in [0.05, 0.1) is 5.69 Å². The van der Waals surface area contributed by atoms with E-state index >= 15 is 0 Å². The summed E-state index contributed by atoms with van der Waals surface area (Å²) in [5.41, 5.74) is 8.57. The molecule has 0 saturated heterocycles. The van der Waals surface area contributed by atoms with Crippen molar-refractivity contribution in [2.45, 2.75) is 19.3 Å². The minimum absolute atomic E-state index is 0.0138. The van der Waals surface area contributed by atoms with Crippen LogP contribution in [0.25, 0.3) is 11.1 Å². The number of aliphatic carboxylic acids is 1. The van der Waals surface area contributed by atoms with E-state index in [2.05, 4.69) is 37.2 Å². The van der Waals surface area contributed by atoms with Crippen LogP contribution < -0.4 is 11.1 Å². The van der Waals surface area contributed by atoms with Crippen LogP contribution in [0.3, 0.4) is 0 Å². The van der Waals surface area contributed by atoms with Gasteiger partial charge in [-0.3, -0.25) is 15.0 Å². The third kappa shape index (κ3) is 5.40. The molecular formula is C18H17Br2N3O3. The zero-order chi connectivity index (χ0) is 19.3. The van der Waals surface area contributed by atoms with Crippen molar-refractivity contribution < 1.29 is 14.7 Å². The fraction of sp³-hybridized carbons (Fsp3) is 0.167. The third-order valence-corrected chi connectivity index (χ3v) is 4.88. The first-order valence-electron chi connectivity index (χ1n) is 7.73. The second-order valence-electron chi connectivity index (χ2n) is 5.60. The maximum Gasteiger partial charge on any atom is 0.303 e. The second-order valence-corrected chi connectivity index (χ2v) is 7.31. The van der Waals surface area contributed by atoms with Crippen LogP contribution in [0, 0.1) is 5.41 Å². The van der Waals surface area contributed by atoms with Gasteiger partial charge < -0.3 is 16.2 Å². The first-order valence-corrected chi connectivity index (χ1v) is 9.32. The topological polar surface area (TPSA) is 116 Å².